The van der Waals surface area contributed by atoms with Crippen molar-refractivity contribution in [1.82, 2.24) is 30.9 Å². The van der Waals surface area contributed by atoms with E-state index in [9.17, 15) is 28.8 Å². The average molecular weight is 989 g/mol. The summed E-state index contributed by atoms with van der Waals surface area (Å²) in [5, 5.41) is 17.3. The van der Waals surface area contributed by atoms with Crippen LogP contribution in [0, 0.1) is 0 Å². The SMILES string of the molecule is NCCCC[C@H](NC(=O)c1ccccn1)C(=O)Nc1ccc(C(c2ccc(NC(=O)[C@H](CCCCN)NC(=O)c3ccccn3)cc2)c2ccc(NC(=O)[C@@H](CCCCN)NC(=O)c3ccccn3)cc2)cc1. The Balaban J connectivity index is 1.24. The molecule has 0 aliphatic rings. The summed E-state index contributed by atoms with van der Waals surface area (Å²) in [6.45, 7) is 1.35. The van der Waals surface area contributed by atoms with Crippen LogP contribution in [-0.4, -0.2) is 88.2 Å². The van der Waals surface area contributed by atoms with E-state index in [4.69, 9.17) is 17.2 Å². The molecule has 12 N–H and O–H groups in total. The van der Waals surface area contributed by atoms with Gasteiger partial charge in [0.2, 0.25) is 17.7 Å². The molecule has 0 bridgehead atoms. The highest BCUT2D eigenvalue weighted by atomic mass is 16.2. The summed E-state index contributed by atoms with van der Waals surface area (Å²) in [4.78, 5) is 92.6. The number of benzene rings is 3. The molecule has 3 atom stereocenters. The highest BCUT2D eigenvalue weighted by Gasteiger charge is 2.26. The zero-order chi connectivity index (χ0) is 51.8. The van der Waals surface area contributed by atoms with Crippen molar-refractivity contribution in [2.24, 2.45) is 17.2 Å². The van der Waals surface area contributed by atoms with E-state index in [0.717, 1.165) is 16.7 Å². The predicted octanol–water partition coefficient (Wildman–Crippen LogP) is 5.65. The third-order valence-corrected chi connectivity index (χ3v) is 11.9. The lowest BCUT2D eigenvalue weighted by Gasteiger charge is -2.22. The number of amides is 6. The molecule has 0 saturated carbocycles. The van der Waals surface area contributed by atoms with Crippen LogP contribution >= 0.6 is 0 Å². The minimum atomic E-state index is -0.844. The Kier molecular flexibility index (Phi) is 21.2. The summed E-state index contributed by atoms with van der Waals surface area (Å²) in [6, 6.07) is 34.5. The van der Waals surface area contributed by atoms with E-state index in [2.05, 4.69) is 46.9 Å². The van der Waals surface area contributed by atoms with Crippen LogP contribution in [0.5, 0.6) is 0 Å². The molecule has 18 nitrogen and oxygen atoms in total. The molecule has 0 fully saturated rings. The van der Waals surface area contributed by atoms with Crippen molar-refractivity contribution < 1.29 is 28.8 Å². The van der Waals surface area contributed by atoms with E-state index in [0.29, 0.717) is 94.5 Å². The van der Waals surface area contributed by atoms with Crippen LogP contribution in [0.2, 0.25) is 0 Å². The summed E-state index contributed by atoms with van der Waals surface area (Å²) >= 11 is 0. The lowest BCUT2D eigenvalue weighted by molar-refractivity contribution is -0.118. The van der Waals surface area contributed by atoms with Crippen LogP contribution in [0.15, 0.2) is 146 Å². The number of aromatic nitrogens is 3. The van der Waals surface area contributed by atoms with Gasteiger partial charge in [-0.2, -0.15) is 0 Å². The van der Waals surface area contributed by atoms with Gasteiger partial charge in [0, 0.05) is 41.6 Å². The van der Waals surface area contributed by atoms with Crippen LogP contribution in [0.4, 0.5) is 17.1 Å². The molecule has 6 rings (SSSR count). The maximum Gasteiger partial charge on any atom is 0.270 e. The number of anilines is 3. The Morgan fingerprint density at radius 3 is 0.877 bits per heavy atom. The van der Waals surface area contributed by atoms with Crippen LogP contribution in [-0.2, 0) is 14.4 Å². The number of pyridine rings is 3. The van der Waals surface area contributed by atoms with Crippen molar-refractivity contribution in [2.75, 3.05) is 35.6 Å². The molecule has 0 aliphatic heterocycles. The molecule has 0 aliphatic carbocycles. The highest BCUT2D eigenvalue weighted by Crippen LogP contribution is 2.34. The normalized spacial score (nSPS) is 12.2. The number of nitrogens with zero attached hydrogens (tertiary/aromatic N) is 3. The molecule has 0 saturated heterocycles. The van der Waals surface area contributed by atoms with Crippen molar-refractivity contribution in [3.05, 3.63) is 180 Å². The Labute approximate surface area is 425 Å². The summed E-state index contributed by atoms with van der Waals surface area (Å²) < 4.78 is 0. The van der Waals surface area contributed by atoms with Crippen LogP contribution in [0.3, 0.4) is 0 Å². The molecule has 6 amide bonds. The van der Waals surface area contributed by atoms with Crippen molar-refractivity contribution in [3.8, 4) is 0 Å². The molecule has 380 valence electrons. The molecule has 18 heteroatoms. The molecule has 0 spiro atoms. The predicted molar refractivity (Wildman–Crippen MR) is 281 cm³/mol. The fourth-order valence-electron chi connectivity index (χ4n) is 8.01. The summed E-state index contributed by atoms with van der Waals surface area (Å²) in [6.07, 6.45) is 9.57. The van der Waals surface area contributed by atoms with Crippen molar-refractivity contribution in [2.45, 2.75) is 81.8 Å². The maximum absolute atomic E-state index is 13.7. The van der Waals surface area contributed by atoms with E-state index in [1.54, 1.807) is 91.0 Å². The van der Waals surface area contributed by atoms with Gasteiger partial charge in [-0.3, -0.25) is 43.7 Å². The van der Waals surface area contributed by atoms with Crippen LogP contribution < -0.4 is 49.1 Å². The van der Waals surface area contributed by atoms with Gasteiger partial charge in [-0.15, -0.1) is 0 Å². The van der Waals surface area contributed by atoms with E-state index >= 15 is 0 Å². The third-order valence-electron chi connectivity index (χ3n) is 11.9. The van der Waals surface area contributed by atoms with E-state index in [1.807, 2.05) is 36.4 Å². The zero-order valence-electron chi connectivity index (χ0n) is 40.7. The first-order valence-electron chi connectivity index (χ1n) is 24.5. The number of carbonyl (C=O) groups excluding carboxylic acids is 6. The number of hydrogen-bond donors (Lipinski definition) is 9. The second-order valence-electron chi connectivity index (χ2n) is 17.3. The second kappa shape index (κ2) is 28.6. The van der Waals surface area contributed by atoms with Gasteiger partial charge in [-0.25, -0.2) is 0 Å². The Bertz CT molecular complexity index is 2400. The second-order valence-corrected chi connectivity index (χ2v) is 17.3. The number of rotatable bonds is 27. The fraction of sp³-hybridized carbons (Fsp3) is 0.291. The van der Waals surface area contributed by atoms with Gasteiger partial charge >= 0.3 is 0 Å². The van der Waals surface area contributed by atoms with E-state index in [1.165, 1.54) is 18.6 Å². The average Bonchev–Trinajstić information content (AvgIpc) is 3.42. The van der Waals surface area contributed by atoms with Gasteiger partial charge in [0.05, 0.1) is 0 Å². The number of hydrogen-bond acceptors (Lipinski definition) is 12. The first-order chi connectivity index (χ1) is 35.6. The first kappa shape index (κ1) is 54.1. The summed E-state index contributed by atoms with van der Waals surface area (Å²) in [7, 11) is 0. The first-order valence-corrected chi connectivity index (χ1v) is 24.5. The van der Waals surface area contributed by atoms with Gasteiger partial charge in [0.1, 0.15) is 35.2 Å². The molecule has 0 radical (unpaired) electrons. The summed E-state index contributed by atoms with van der Waals surface area (Å²) in [5.41, 5.74) is 21.9. The molecule has 3 heterocycles. The Morgan fingerprint density at radius 2 is 0.644 bits per heavy atom. The van der Waals surface area contributed by atoms with Crippen LogP contribution in [0.1, 0.15) is 112 Å². The lowest BCUT2D eigenvalue weighted by Crippen LogP contribution is -2.44. The Morgan fingerprint density at radius 1 is 0.370 bits per heavy atom. The van der Waals surface area contributed by atoms with Crippen molar-refractivity contribution >= 4 is 52.5 Å². The number of nitrogens with two attached hydrogens (primary N) is 3. The molecular weight excluding hydrogens is 925 g/mol. The molecule has 3 aromatic heterocycles. The van der Waals surface area contributed by atoms with Crippen molar-refractivity contribution in [3.63, 3.8) is 0 Å². The molecule has 6 aromatic rings. The van der Waals surface area contributed by atoms with Crippen molar-refractivity contribution in [1.29, 1.82) is 0 Å². The maximum atomic E-state index is 13.7. The van der Waals surface area contributed by atoms with E-state index in [-0.39, 0.29) is 23.0 Å². The lowest BCUT2D eigenvalue weighted by atomic mass is 9.85. The summed E-state index contributed by atoms with van der Waals surface area (Å²) in [5.74, 6) is -2.96. The van der Waals surface area contributed by atoms with Gasteiger partial charge in [0.25, 0.3) is 17.7 Å². The molecule has 73 heavy (non-hydrogen) atoms. The highest BCUT2D eigenvalue weighted by molar-refractivity contribution is 6.02. The monoisotopic (exact) mass is 989 g/mol. The minimum absolute atomic E-state index is 0.195. The number of unbranched alkanes of at least 4 members (excludes halogenated alkanes) is 3. The topological polar surface area (TPSA) is 291 Å². The van der Waals surface area contributed by atoms with Gasteiger partial charge < -0.3 is 49.1 Å². The largest absolute Gasteiger partial charge is 0.339 e. The number of carbonyl (C=O) groups is 6. The molecule has 0 unspecified atom stereocenters. The molecular formula is C55H64N12O6. The van der Waals surface area contributed by atoms with E-state index < -0.39 is 53.6 Å². The van der Waals surface area contributed by atoms with Gasteiger partial charge in [-0.05, 0) is 167 Å². The molecule has 3 aromatic carbocycles. The number of nitrogens with one attached hydrogen (secondary N) is 6. The third kappa shape index (κ3) is 16.7. The minimum Gasteiger partial charge on any atom is -0.339 e. The smallest absolute Gasteiger partial charge is 0.270 e. The van der Waals surface area contributed by atoms with Gasteiger partial charge in [-0.1, -0.05) is 54.6 Å². The quantitative estimate of drug-likeness (QED) is 0.0224. The zero-order valence-corrected chi connectivity index (χ0v) is 40.7. The van der Waals surface area contributed by atoms with Crippen LogP contribution in [0.25, 0.3) is 0 Å². The fourth-order valence-corrected chi connectivity index (χ4v) is 8.01. The van der Waals surface area contributed by atoms with Gasteiger partial charge in [0.15, 0.2) is 0 Å². The standard InChI is InChI=1S/C55H64N12O6/c56-31-7-1-16-46(65-50(68)43-13-4-10-34-59-43)53(71)62-40-25-19-37(20-26-40)49(38-21-27-41(28-22-38)63-54(72)47(17-2-8-32-57)66-51(69)44-14-5-11-35-60-44)39-23-29-42(30-24-39)64-55(73)48(18-3-9-33-58)67-52(70)45-15-6-12-36-61-45/h4-6,10-15,19-30,34-36,46-49H,1-3,7-9,16-18,31-33,56-58H2,(H,62,71)(H,63,72)(H,64,73)(H,65,68)(H,66,69)(H,67,70)/t46-,47-,48+/m0/s1. The Hall–Kier alpha value is -8.19.